The molecule has 0 saturated carbocycles. The average Bonchev–Trinajstić information content (AvgIpc) is 2.31. The molecule has 1 aromatic heterocycles. The number of halogens is 1. The van der Waals surface area contributed by atoms with E-state index < -0.39 is 0 Å². The Hall–Kier alpha value is -0.260. The monoisotopic (exact) mass is 214 g/mol. The van der Waals surface area contributed by atoms with Crippen molar-refractivity contribution in [1.82, 2.24) is 0 Å². The van der Waals surface area contributed by atoms with Gasteiger partial charge in [0.25, 0.3) is 0 Å². The molecule has 0 atom stereocenters. The summed E-state index contributed by atoms with van der Waals surface area (Å²) in [6.07, 6.45) is 0. The minimum absolute atomic E-state index is 0.754. The summed E-state index contributed by atoms with van der Waals surface area (Å²) in [5.74, 6) is 6.03. The van der Waals surface area contributed by atoms with E-state index in [-0.39, 0.29) is 0 Å². The summed E-state index contributed by atoms with van der Waals surface area (Å²) in [5, 5.41) is 2.82. The Labute approximate surface area is 73.4 Å². The van der Waals surface area contributed by atoms with Crippen LogP contribution in [0.5, 0.6) is 0 Å². The molecule has 0 aliphatic carbocycles. The first-order valence-corrected chi connectivity index (χ1v) is 4.93. The van der Waals surface area contributed by atoms with Crippen molar-refractivity contribution < 1.29 is 0 Å². The van der Waals surface area contributed by atoms with Crippen LogP contribution in [0.15, 0.2) is 11.4 Å². The molecule has 10 heavy (non-hydrogen) atoms. The lowest BCUT2D eigenvalue weighted by atomic mass is 10.3. The van der Waals surface area contributed by atoms with Crippen LogP contribution in [0.4, 0.5) is 0 Å². The van der Waals surface area contributed by atoms with Gasteiger partial charge >= 0.3 is 0 Å². The molecule has 0 radical (unpaired) electrons. The summed E-state index contributed by atoms with van der Waals surface area (Å²) in [4.78, 5) is 1.18. The van der Waals surface area contributed by atoms with Crippen LogP contribution in [0.2, 0.25) is 0 Å². The minimum Gasteiger partial charge on any atom is -0.135 e. The minimum atomic E-state index is 0.754. The fourth-order valence-corrected chi connectivity index (χ4v) is 1.55. The van der Waals surface area contributed by atoms with Crippen molar-refractivity contribution in [1.29, 1.82) is 0 Å². The summed E-state index contributed by atoms with van der Waals surface area (Å²) in [6.45, 7) is 2.08. The van der Waals surface area contributed by atoms with Crippen LogP contribution < -0.4 is 0 Å². The van der Waals surface area contributed by atoms with Crippen LogP contribution >= 0.6 is 27.3 Å². The van der Waals surface area contributed by atoms with Crippen LogP contribution in [-0.4, -0.2) is 5.33 Å². The second-order valence-electron chi connectivity index (χ2n) is 1.87. The second kappa shape index (κ2) is 3.80. The highest BCUT2D eigenvalue weighted by Gasteiger charge is 1.91. The van der Waals surface area contributed by atoms with Gasteiger partial charge in [-0.1, -0.05) is 27.8 Å². The first kappa shape index (κ1) is 7.84. The molecule has 1 aromatic rings. The van der Waals surface area contributed by atoms with E-state index >= 15 is 0 Å². The molecule has 0 unspecified atom stereocenters. The van der Waals surface area contributed by atoms with E-state index in [9.17, 15) is 0 Å². The molecule has 1 heterocycles. The molecule has 0 aromatic carbocycles. The van der Waals surface area contributed by atoms with Gasteiger partial charge in [-0.25, -0.2) is 0 Å². The first-order valence-electron chi connectivity index (χ1n) is 2.93. The molecular formula is C8H7BrS. The molecule has 0 spiro atoms. The lowest BCUT2D eigenvalue weighted by Gasteiger charge is -1.81. The summed E-state index contributed by atoms with van der Waals surface area (Å²) >= 11 is 4.95. The van der Waals surface area contributed by atoms with Crippen molar-refractivity contribution >= 4 is 27.3 Å². The maximum Gasteiger partial charge on any atom is 0.0797 e. The van der Waals surface area contributed by atoms with E-state index in [1.54, 1.807) is 11.3 Å². The van der Waals surface area contributed by atoms with Gasteiger partial charge in [-0.05, 0) is 23.9 Å². The fourth-order valence-electron chi connectivity index (χ4n) is 0.614. The lowest BCUT2D eigenvalue weighted by molar-refractivity contribution is 1.53. The Morgan fingerprint density at radius 2 is 2.50 bits per heavy atom. The van der Waals surface area contributed by atoms with Crippen molar-refractivity contribution in [2.75, 3.05) is 5.33 Å². The molecule has 0 N–H and O–H groups in total. The third kappa shape index (κ3) is 1.86. The molecule has 1 rings (SSSR count). The SMILES string of the molecule is Cc1ccsc1C#CCBr. The molecule has 0 amide bonds. The topological polar surface area (TPSA) is 0 Å². The summed E-state index contributed by atoms with van der Waals surface area (Å²) in [7, 11) is 0. The maximum atomic E-state index is 3.25. The number of hydrogen-bond acceptors (Lipinski definition) is 1. The molecule has 2 heteroatoms. The van der Waals surface area contributed by atoms with E-state index in [2.05, 4.69) is 46.1 Å². The Bertz CT molecular complexity index is 264. The van der Waals surface area contributed by atoms with E-state index in [1.807, 2.05) is 0 Å². The second-order valence-corrected chi connectivity index (χ2v) is 3.34. The summed E-state index contributed by atoms with van der Waals surface area (Å²) < 4.78 is 0. The molecular weight excluding hydrogens is 208 g/mol. The fraction of sp³-hybridized carbons (Fsp3) is 0.250. The predicted octanol–water partition coefficient (Wildman–Crippen LogP) is 2.80. The largest absolute Gasteiger partial charge is 0.135 e. The van der Waals surface area contributed by atoms with Crippen LogP contribution in [-0.2, 0) is 0 Å². The van der Waals surface area contributed by atoms with Crippen LogP contribution in [0.25, 0.3) is 0 Å². The zero-order valence-corrected chi connectivity index (χ0v) is 8.05. The van der Waals surface area contributed by atoms with E-state index in [0.29, 0.717) is 0 Å². The number of thiophene rings is 1. The van der Waals surface area contributed by atoms with Gasteiger partial charge in [0.05, 0.1) is 10.2 Å². The molecule has 0 aliphatic heterocycles. The Morgan fingerprint density at radius 1 is 1.70 bits per heavy atom. The van der Waals surface area contributed by atoms with Crippen LogP contribution in [0.1, 0.15) is 10.4 Å². The highest BCUT2D eigenvalue weighted by molar-refractivity contribution is 9.09. The standard InChI is InChI=1S/C8H7BrS/c1-7-4-6-10-8(7)3-2-5-9/h4,6H,5H2,1H3. The molecule has 0 saturated heterocycles. The Kier molecular flexibility index (Phi) is 2.98. The van der Waals surface area contributed by atoms with Gasteiger partial charge in [0, 0.05) is 0 Å². The van der Waals surface area contributed by atoms with E-state index in [0.717, 1.165) is 5.33 Å². The predicted molar refractivity (Wildman–Crippen MR) is 49.7 cm³/mol. The van der Waals surface area contributed by atoms with Gasteiger partial charge in [-0.2, -0.15) is 0 Å². The molecule has 0 bridgehead atoms. The maximum absolute atomic E-state index is 3.25. The average molecular weight is 215 g/mol. The zero-order valence-electron chi connectivity index (χ0n) is 5.65. The van der Waals surface area contributed by atoms with Crippen molar-refractivity contribution in [3.05, 3.63) is 21.9 Å². The van der Waals surface area contributed by atoms with Gasteiger partial charge in [0.2, 0.25) is 0 Å². The van der Waals surface area contributed by atoms with E-state index in [4.69, 9.17) is 0 Å². The number of hydrogen-bond donors (Lipinski definition) is 0. The Balaban J connectivity index is 2.84. The van der Waals surface area contributed by atoms with Gasteiger partial charge in [0.1, 0.15) is 0 Å². The Morgan fingerprint density at radius 3 is 3.00 bits per heavy atom. The number of rotatable bonds is 0. The first-order chi connectivity index (χ1) is 4.84. The van der Waals surface area contributed by atoms with Crippen molar-refractivity contribution in [3.63, 3.8) is 0 Å². The summed E-state index contributed by atoms with van der Waals surface area (Å²) in [5.41, 5.74) is 1.28. The van der Waals surface area contributed by atoms with Crippen molar-refractivity contribution in [2.45, 2.75) is 6.92 Å². The molecule has 52 valence electrons. The molecule has 0 nitrogen and oxygen atoms in total. The molecule has 0 fully saturated rings. The normalized spacial score (nSPS) is 8.60. The lowest BCUT2D eigenvalue weighted by Crippen LogP contribution is -1.69. The third-order valence-corrected chi connectivity index (χ3v) is 2.34. The van der Waals surface area contributed by atoms with Gasteiger partial charge in [-0.3, -0.25) is 0 Å². The quantitative estimate of drug-likeness (QED) is 0.461. The van der Waals surface area contributed by atoms with Crippen molar-refractivity contribution in [3.8, 4) is 11.8 Å². The van der Waals surface area contributed by atoms with Crippen molar-refractivity contribution in [2.24, 2.45) is 0 Å². The highest BCUT2D eigenvalue weighted by Crippen LogP contribution is 2.13. The smallest absolute Gasteiger partial charge is 0.0797 e. The zero-order chi connectivity index (χ0) is 7.40. The van der Waals surface area contributed by atoms with Gasteiger partial charge in [0.15, 0.2) is 0 Å². The van der Waals surface area contributed by atoms with Gasteiger partial charge < -0.3 is 0 Å². The number of alkyl halides is 1. The van der Waals surface area contributed by atoms with Crippen LogP contribution in [0, 0.1) is 18.8 Å². The highest BCUT2D eigenvalue weighted by atomic mass is 79.9. The summed E-state index contributed by atoms with van der Waals surface area (Å²) in [6, 6.07) is 2.09. The third-order valence-electron chi connectivity index (χ3n) is 1.13. The molecule has 0 aliphatic rings. The van der Waals surface area contributed by atoms with Crippen LogP contribution in [0.3, 0.4) is 0 Å². The van der Waals surface area contributed by atoms with E-state index in [1.165, 1.54) is 10.4 Å². The number of aryl methyl sites for hydroxylation is 1. The van der Waals surface area contributed by atoms with Gasteiger partial charge in [-0.15, -0.1) is 11.3 Å².